The van der Waals surface area contributed by atoms with Crippen LogP contribution in [0.1, 0.15) is 0 Å². The molecule has 1 aromatic carbocycles. The molecule has 0 aliphatic heterocycles. The van der Waals surface area contributed by atoms with Crippen LogP contribution in [0, 0.1) is 0 Å². The van der Waals surface area contributed by atoms with E-state index in [9.17, 15) is 0 Å². The van der Waals surface area contributed by atoms with Crippen molar-refractivity contribution in [2.24, 2.45) is 0 Å². The first-order valence-corrected chi connectivity index (χ1v) is 8.22. The van der Waals surface area contributed by atoms with E-state index in [4.69, 9.17) is 4.42 Å². The van der Waals surface area contributed by atoms with Gasteiger partial charge in [0.2, 0.25) is 0 Å². The number of H-pyrrole nitrogens is 1. The second-order valence-corrected chi connectivity index (χ2v) is 6.20. The molecule has 120 valence electrons. The van der Waals surface area contributed by atoms with Gasteiger partial charge in [-0.05, 0) is 43.3 Å². The molecule has 0 unspecified atom stereocenters. The van der Waals surface area contributed by atoms with E-state index in [1.54, 1.807) is 30.8 Å². The van der Waals surface area contributed by atoms with Gasteiger partial charge in [-0.3, -0.25) is 4.72 Å². The molecule has 0 aliphatic carbocycles. The number of fused-ring (bicyclic) bond motifs is 1. The van der Waals surface area contributed by atoms with Crippen LogP contribution in [0.25, 0.3) is 22.2 Å². The summed E-state index contributed by atoms with van der Waals surface area (Å²) in [5.41, 5.74) is 3.74. The van der Waals surface area contributed by atoms with Gasteiger partial charge in [-0.25, -0.2) is 9.97 Å². The summed E-state index contributed by atoms with van der Waals surface area (Å²) >= 11 is 1.57. The Morgan fingerprint density at radius 2 is 2.17 bits per heavy atom. The minimum Gasteiger partial charge on any atom is -0.472 e. The fourth-order valence-electron chi connectivity index (χ4n) is 2.59. The fraction of sp³-hybridized carbons (Fsp3) is 0.0588. The topological polar surface area (TPSA) is 78.8 Å². The van der Waals surface area contributed by atoms with E-state index in [2.05, 4.69) is 37.1 Å². The quantitative estimate of drug-likeness (QED) is 0.474. The molecule has 0 saturated carbocycles. The Kier molecular flexibility index (Phi) is 3.94. The summed E-state index contributed by atoms with van der Waals surface area (Å²) in [6, 6.07) is 10.1. The number of benzene rings is 1. The van der Waals surface area contributed by atoms with E-state index in [1.807, 2.05) is 31.4 Å². The zero-order valence-corrected chi connectivity index (χ0v) is 13.7. The summed E-state index contributed by atoms with van der Waals surface area (Å²) in [5, 5.41) is 4.33. The maximum Gasteiger partial charge on any atom is 0.143 e. The molecule has 4 aromatic rings. The third kappa shape index (κ3) is 2.75. The zero-order chi connectivity index (χ0) is 16.4. The predicted octanol–water partition coefficient (Wildman–Crippen LogP) is 4.19. The van der Waals surface area contributed by atoms with Crippen molar-refractivity contribution in [3.8, 4) is 11.1 Å². The lowest BCUT2D eigenvalue weighted by Gasteiger charge is -2.09. The largest absolute Gasteiger partial charge is 0.472 e. The number of furan rings is 1. The Balaban J connectivity index is 1.77. The monoisotopic (exact) mass is 337 g/mol. The molecule has 7 heteroatoms. The normalized spacial score (nSPS) is 11.0. The van der Waals surface area contributed by atoms with Crippen LogP contribution in [0.5, 0.6) is 0 Å². The molecule has 0 aliphatic rings. The second-order valence-electron chi connectivity index (χ2n) is 5.12. The van der Waals surface area contributed by atoms with Crippen LogP contribution in [0.15, 0.2) is 64.7 Å². The number of aromatic nitrogens is 3. The number of hydrogen-bond acceptors (Lipinski definition) is 6. The lowest BCUT2D eigenvalue weighted by atomic mass is 10.1. The number of nitrogens with one attached hydrogen (secondary N) is 3. The maximum atomic E-state index is 5.20. The van der Waals surface area contributed by atoms with Crippen molar-refractivity contribution in [2.45, 2.75) is 4.90 Å². The second kappa shape index (κ2) is 6.38. The van der Waals surface area contributed by atoms with Crippen molar-refractivity contribution in [1.29, 1.82) is 0 Å². The van der Waals surface area contributed by atoms with Gasteiger partial charge in [0.1, 0.15) is 17.8 Å². The van der Waals surface area contributed by atoms with E-state index >= 15 is 0 Å². The van der Waals surface area contributed by atoms with E-state index in [0.717, 1.165) is 38.6 Å². The SMILES string of the molecule is CNSc1cccc(Nc2ncnc3[nH]cc(-c4ccoc4)c23)c1. The minimum absolute atomic E-state index is 0.754. The highest BCUT2D eigenvalue weighted by Gasteiger charge is 2.13. The van der Waals surface area contributed by atoms with Crippen molar-refractivity contribution < 1.29 is 4.42 Å². The predicted molar refractivity (Wildman–Crippen MR) is 96.2 cm³/mol. The molecule has 4 rings (SSSR count). The smallest absolute Gasteiger partial charge is 0.143 e. The molecular weight excluding hydrogens is 322 g/mol. The Bertz CT molecular complexity index is 964. The Hall–Kier alpha value is -2.77. The average Bonchev–Trinajstić information content (AvgIpc) is 3.25. The van der Waals surface area contributed by atoms with Crippen LogP contribution >= 0.6 is 11.9 Å². The molecule has 0 saturated heterocycles. The van der Waals surface area contributed by atoms with Crippen molar-refractivity contribution in [2.75, 3.05) is 12.4 Å². The Morgan fingerprint density at radius 3 is 3.00 bits per heavy atom. The van der Waals surface area contributed by atoms with Gasteiger partial charge >= 0.3 is 0 Å². The van der Waals surface area contributed by atoms with Crippen LogP contribution in [-0.2, 0) is 0 Å². The Morgan fingerprint density at radius 1 is 1.21 bits per heavy atom. The lowest BCUT2D eigenvalue weighted by molar-refractivity contribution is 0.568. The van der Waals surface area contributed by atoms with E-state index in [1.165, 1.54) is 0 Å². The number of aromatic amines is 1. The molecule has 0 radical (unpaired) electrons. The van der Waals surface area contributed by atoms with Gasteiger partial charge in [-0.1, -0.05) is 6.07 Å². The van der Waals surface area contributed by atoms with Crippen LogP contribution in [-0.4, -0.2) is 22.0 Å². The van der Waals surface area contributed by atoms with Gasteiger partial charge in [0.25, 0.3) is 0 Å². The molecule has 0 fully saturated rings. The molecule has 0 atom stereocenters. The number of anilines is 2. The van der Waals surface area contributed by atoms with Crippen molar-refractivity contribution in [1.82, 2.24) is 19.7 Å². The van der Waals surface area contributed by atoms with Crippen LogP contribution in [0.4, 0.5) is 11.5 Å². The molecule has 0 amide bonds. The van der Waals surface area contributed by atoms with Gasteiger partial charge in [0, 0.05) is 27.9 Å². The first-order chi connectivity index (χ1) is 11.8. The fourth-order valence-corrected chi connectivity index (χ4v) is 3.16. The van der Waals surface area contributed by atoms with Crippen molar-refractivity contribution in [3.05, 3.63) is 55.4 Å². The highest BCUT2D eigenvalue weighted by Crippen LogP contribution is 2.33. The standard InChI is InChI=1S/C17H15N5OS/c1-18-24-13-4-2-3-12(7-13)22-17-15-14(11-5-6-23-9-11)8-19-16(15)20-10-21-17/h2-10,18H,1H3,(H2,19,20,21,22). The van der Waals surface area contributed by atoms with Gasteiger partial charge in [-0.2, -0.15) is 0 Å². The van der Waals surface area contributed by atoms with E-state index in [-0.39, 0.29) is 0 Å². The number of nitrogens with zero attached hydrogens (tertiary/aromatic N) is 2. The van der Waals surface area contributed by atoms with Crippen LogP contribution < -0.4 is 10.0 Å². The summed E-state index contributed by atoms with van der Waals surface area (Å²) in [5.74, 6) is 0.754. The molecule has 3 N–H and O–H groups in total. The van der Waals surface area contributed by atoms with Gasteiger partial charge in [-0.15, -0.1) is 0 Å². The minimum atomic E-state index is 0.754. The molecule has 3 heterocycles. The summed E-state index contributed by atoms with van der Waals surface area (Å²) in [7, 11) is 1.90. The van der Waals surface area contributed by atoms with Gasteiger partial charge in [0.05, 0.1) is 17.9 Å². The average molecular weight is 337 g/mol. The van der Waals surface area contributed by atoms with Gasteiger partial charge in [0.15, 0.2) is 0 Å². The summed E-state index contributed by atoms with van der Waals surface area (Å²) in [6.45, 7) is 0. The molecule has 24 heavy (non-hydrogen) atoms. The highest BCUT2D eigenvalue weighted by molar-refractivity contribution is 7.97. The van der Waals surface area contributed by atoms with Crippen molar-refractivity contribution >= 4 is 34.5 Å². The third-order valence-electron chi connectivity index (χ3n) is 3.62. The molecule has 6 nitrogen and oxygen atoms in total. The lowest BCUT2D eigenvalue weighted by Crippen LogP contribution is -1.97. The molecule has 0 spiro atoms. The van der Waals surface area contributed by atoms with Crippen molar-refractivity contribution in [3.63, 3.8) is 0 Å². The zero-order valence-electron chi connectivity index (χ0n) is 12.9. The maximum absolute atomic E-state index is 5.20. The van der Waals surface area contributed by atoms with E-state index in [0.29, 0.717) is 0 Å². The summed E-state index contributed by atoms with van der Waals surface area (Å²) in [6.07, 6.45) is 6.84. The number of hydrogen-bond donors (Lipinski definition) is 3. The van der Waals surface area contributed by atoms with E-state index < -0.39 is 0 Å². The molecular formula is C17H15N5OS. The summed E-state index contributed by atoms with van der Waals surface area (Å²) in [4.78, 5) is 13.0. The first-order valence-electron chi connectivity index (χ1n) is 7.40. The van der Waals surface area contributed by atoms with Crippen LogP contribution in [0.2, 0.25) is 0 Å². The highest BCUT2D eigenvalue weighted by atomic mass is 32.2. The number of rotatable bonds is 5. The third-order valence-corrected chi connectivity index (χ3v) is 4.31. The van der Waals surface area contributed by atoms with Crippen LogP contribution in [0.3, 0.4) is 0 Å². The first kappa shape index (κ1) is 14.8. The molecule has 3 aromatic heterocycles. The van der Waals surface area contributed by atoms with Gasteiger partial charge < -0.3 is 14.7 Å². The molecule has 0 bridgehead atoms. The summed E-state index contributed by atoms with van der Waals surface area (Å²) < 4.78 is 8.28. The Labute approximate surface area is 142 Å².